The summed E-state index contributed by atoms with van der Waals surface area (Å²) in [4.78, 5) is 30.9. The van der Waals surface area contributed by atoms with Crippen molar-refractivity contribution in [3.05, 3.63) is 39.9 Å². The standard InChI is InChI=1S/C18H16ClNO2S/c1-9-15(14-16(21)10-6-7-11(8-10)17(14)22)20-18(23-9)12-4-2-3-5-13(12)19/h2-5,10-11,14H,6-8H2,1H3/t10-,11-/m0/s1. The molecule has 0 saturated heterocycles. The molecule has 2 bridgehead atoms. The zero-order valence-corrected chi connectivity index (χ0v) is 14.3. The van der Waals surface area contributed by atoms with Crippen LogP contribution in [0, 0.1) is 18.8 Å². The first-order valence-corrected chi connectivity index (χ1v) is 9.05. The quantitative estimate of drug-likeness (QED) is 0.757. The van der Waals surface area contributed by atoms with Crippen molar-refractivity contribution in [3.63, 3.8) is 0 Å². The number of carbonyl (C=O) groups excluding carboxylic acids is 2. The van der Waals surface area contributed by atoms with Gasteiger partial charge in [0, 0.05) is 22.3 Å². The zero-order chi connectivity index (χ0) is 16.1. The highest BCUT2D eigenvalue weighted by atomic mass is 35.5. The van der Waals surface area contributed by atoms with Crippen molar-refractivity contribution < 1.29 is 9.59 Å². The molecule has 0 aliphatic heterocycles. The molecule has 2 atom stereocenters. The van der Waals surface area contributed by atoms with Gasteiger partial charge in [0.15, 0.2) is 11.6 Å². The van der Waals surface area contributed by atoms with Crippen LogP contribution in [0.1, 0.15) is 35.8 Å². The molecule has 2 saturated carbocycles. The number of halogens is 1. The van der Waals surface area contributed by atoms with Crippen LogP contribution < -0.4 is 0 Å². The monoisotopic (exact) mass is 345 g/mol. The van der Waals surface area contributed by atoms with Crippen molar-refractivity contribution in [1.82, 2.24) is 4.98 Å². The van der Waals surface area contributed by atoms with Crippen LogP contribution >= 0.6 is 22.9 Å². The summed E-state index contributed by atoms with van der Waals surface area (Å²) in [5.41, 5.74) is 1.50. The van der Waals surface area contributed by atoms with Gasteiger partial charge in [0.25, 0.3) is 0 Å². The van der Waals surface area contributed by atoms with E-state index in [1.807, 2.05) is 31.2 Å². The van der Waals surface area contributed by atoms with E-state index in [4.69, 9.17) is 11.6 Å². The average molecular weight is 346 g/mol. The Morgan fingerprint density at radius 3 is 2.43 bits per heavy atom. The van der Waals surface area contributed by atoms with E-state index < -0.39 is 5.92 Å². The lowest BCUT2D eigenvalue weighted by molar-refractivity contribution is -0.136. The number of nitrogens with zero attached hydrogens (tertiary/aromatic N) is 1. The van der Waals surface area contributed by atoms with Crippen molar-refractivity contribution in [2.45, 2.75) is 32.1 Å². The van der Waals surface area contributed by atoms with E-state index >= 15 is 0 Å². The van der Waals surface area contributed by atoms with Crippen LogP contribution in [0.4, 0.5) is 0 Å². The lowest BCUT2D eigenvalue weighted by Crippen LogP contribution is -2.35. The number of benzene rings is 1. The molecule has 2 fully saturated rings. The maximum absolute atomic E-state index is 12.7. The van der Waals surface area contributed by atoms with Gasteiger partial charge >= 0.3 is 0 Å². The second-order valence-corrected chi connectivity index (χ2v) is 8.00. The fourth-order valence-electron chi connectivity index (χ4n) is 3.81. The largest absolute Gasteiger partial charge is 0.298 e. The number of aryl methyl sites for hydroxylation is 1. The molecule has 23 heavy (non-hydrogen) atoms. The van der Waals surface area contributed by atoms with Gasteiger partial charge in [0.1, 0.15) is 10.9 Å². The molecular weight excluding hydrogens is 330 g/mol. The SMILES string of the molecule is Cc1sc(-c2ccccc2Cl)nc1C1C(=O)[C@H]2CC[C@@H](C2)C1=O. The Labute approximate surface area is 143 Å². The van der Waals surface area contributed by atoms with Crippen LogP contribution in [0.5, 0.6) is 0 Å². The normalized spacial score (nSPS) is 26.8. The summed E-state index contributed by atoms with van der Waals surface area (Å²) < 4.78 is 0. The first-order valence-electron chi connectivity index (χ1n) is 7.86. The Morgan fingerprint density at radius 1 is 1.13 bits per heavy atom. The molecule has 1 aromatic heterocycles. The number of aromatic nitrogens is 1. The molecule has 2 aromatic rings. The lowest BCUT2D eigenvalue weighted by atomic mass is 9.77. The van der Waals surface area contributed by atoms with Gasteiger partial charge in [-0.3, -0.25) is 9.59 Å². The maximum Gasteiger partial charge on any atom is 0.152 e. The molecule has 2 aliphatic rings. The highest BCUT2D eigenvalue weighted by molar-refractivity contribution is 7.15. The Hall–Kier alpha value is -1.52. The van der Waals surface area contributed by atoms with E-state index in [1.54, 1.807) is 0 Å². The predicted octanol–water partition coefficient (Wildman–Crippen LogP) is 4.42. The van der Waals surface area contributed by atoms with Crippen molar-refractivity contribution in [2.75, 3.05) is 0 Å². The van der Waals surface area contributed by atoms with Crippen LogP contribution in [0.3, 0.4) is 0 Å². The fourth-order valence-corrected chi connectivity index (χ4v) is 5.08. The van der Waals surface area contributed by atoms with Gasteiger partial charge in [0.2, 0.25) is 0 Å². The number of hydrogen-bond acceptors (Lipinski definition) is 4. The molecule has 0 spiro atoms. The Kier molecular flexibility index (Phi) is 3.62. The molecule has 0 amide bonds. The van der Waals surface area contributed by atoms with Gasteiger partial charge in [0.05, 0.1) is 10.7 Å². The van der Waals surface area contributed by atoms with E-state index in [-0.39, 0.29) is 23.4 Å². The number of Topliss-reactive ketones (excluding diaryl/α,β-unsaturated/α-hetero) is 2. The third-order valence-electron chi connectivity index (χ3n) is 5.02. The zero-order valence-electron chi connectivity index (χ0n) is 12.7. The molecule has 2 aliphatic carbocycles. The van der Waals surface area contributed by atoms with E-state index in [0.29, 0.717) is 10.7 Å². The van der Waals surface area contributed by atoms with Crippen molar-refractivity contribution in [1.29, 1.82) is 0 Å². The van der Waals surface area contributed by atoms with Crippen LogP contribution in [0.25, 0.3) is 10.6 Å². The summed E-state index contributed by atoms with van der Waals surface area (Å²) in [6.07, 6.45) is 2.45. The van der Waals surface area contributed by atoms with Gasteiger partial charge in [-0.2, -0.15) is 0 Å². The summed E-state index contributed by atoms with van der Waals surface area (Å²) in [5.74, 6) is -0.417. The minimum Gasteiger partial charge on any atom is -0.298 e. The first-order chi connectivity index (χ1) is 11.1. The van der Waals surface area contributed by atoms with E-state index in [1.165, 1.54) is 11.3 Å². The summed E-state index contributed by atoms with van der Waals surface area (Å²) in [7, 11) is 0. The second kappa shape index (κ2) is 5.53. The Balaban J connectivity index is 1.77. The minimum atomic E-state index is -0.659. The van der Waals surface area contributed by atoms with E-state index in [0.717, 1.165) is 34.7 Å². The summed E-state index contributed by atoms with van der Waals surface area (Å²) in [5, 5.41) is 1.41. The van der Waals surface area contributed by atoms with Gasteiger partial charge in [-0.1, -0.05) is 29.8 Å². The number of hydrogen-bond donors (Lipinski definition) is 0. The molecular formula is C18H16ClNO2S. The average Bonchev–Trinajstić information content (AvgIpc) is 3.13. The third kappa shape index (κ3) is 2.36. The number of thiazole rings is 1. The molecule has 1 aromatic carbocycles. The molecule has 118 valence electrons. The third-order valence-corrected chi connectivity index (χ3v) is 6.37. The van der Waals surface area contributed by atoms with Gasteiger partial charge in [-0.15, -0.1) is 11.3 Å². The minimum absolute atomic E-state index is 0.0487. The number of ketones is 2. The van der Waals surface area contributed by atoms with Crippen LogP contribution in [-0.4, -0.2) is 16.6 Å². The molecule has 1 heterocycles. The van der Waals surface area contributed by atoms with Crippen LogP contribution in [0.2, 0.25) is 5.02 Å². The molecule has 0 unspecified atom stereocenters. The Bertz CT molecular complexity index is 791. The number of fused-ring (bicyclic) bond motifs is 2. The highest BCUT2D eigenvalue weighted by Crippen LogP contribution is 2.45. The van der Waals surface area contributed by atoms with Crippen molar-refractivity contribution in [2.24, 2.45) is 11.8 Å². The smallest absolute Gasteiger partial charge is 0.152 e. The number of rotatable bonds is 2. The second-order valence-electron chi connectivity index (χ2n) is 6.38. The van der Waals surface area contributed by atoms with Gasteiger partial charge in [-0.25, -0.2) is 4.98 Å². The number of carbonyl (C=O) groups is 2. The van der Waals surface area contributed by atoms with Gasteiger partial charge in [-0.05, 0) is 32.3 Å². The van der Waals surface area contributed by atoms with Crippen molar-refractivity contribution in [3.8, 4) is 10.6 Å². The summed E-state index contributed by atoms with van der Waals surface area (Å²) >= 11 is 7.75. The first kappa shape index (κ1) is 15.0. The fraction of sp³-hybridized carbons (Fsp3) is 0.389. The molecule has 4 rings (SSSR count). The topological polar surface area (TPSA) is 47.0 Å². The highest BCUT2D eigenvalue weighted by Gasteiger charge is 2.48. The molecule has 0 radical (unpaired) electrons. The molecule has 0 N–H and O–H groups in total. The predicted molar refractivity (Wildman–Crippen MR) is 90.9 cm³/mol. The van der Waals surface area contributed by atoms with Crippen LogP contribution in [-0.2, 0) is 9.59 Å². The summed E-state index contributed by atoms with van der Waals surface area (Å²) in [6.45, 7) is 1.93. The van der Waals surface area contributed by atoms with Gasteiger partial charge < -0.3 is 0 Å². The lowest BCUT2D eigenvalue weighted by Gasteiger charge is -2.24. The molecule has 3 nitrogen and oxygen atoms in total. The van der Waals surface area contributed by atoms with E-state index in [2.05, 4.69) is 4.98 Å². The van der Waals surface area contributed by atoms with E-state index in [9.17, 15) is 9.59 Å². The maximum atomic E-state index is 12.7. The molecule has 5 heteroatoms. The summed E-state index contributed by atoms with van der Waals surface area (Å²) in [6, 6.07) is 7.52. The van der Waals surface area contributed by atoms with Crippen LogP contribution in [0.15, 0.2) is 24.3 Å². The van der Waals surface area contributed by atoms with Crippen molar-refractivity contribution >= 4 is 34.5 Å². The Morgan fingerprint density at radius 2 is 1.78 bits per heavy atom.